The fraction of sp³-hybridized carbons (Fsp3) is 0.294. The summed E-state index contributed by atoms with van der Waals surface area (Å²) in [6, 6.07) is 21.3. The monoisotopic (exact) mass is 260 g/mol. The van der Waals surface area contributed by atoms with Gasteiger partial charge in [0.25, 0.3) is 0 Å². The normalized spacial score (nSPS) is 9.58. The van der Waals surface area contributed by atoms with E-state index in [0.29, 0.717) is 0 Å². The number of hydrogen-bond acceptors (Lipinski definition) is 2. The molecule has 2 aromatic carbocycles. The van der Waals surface area contributed by atoms with Crippen molar-refractivity contribution in [2.75, 3.05) is 14.2 Å². The van der Waals surface area contributed by atoms with E-state index in [1.54, 1.807) is 0 Å². The number of rotatable bonds is 2. The van der Waals surface area contributed by atoms with Crippen LogP contribution in [0.3, 0.4) is 0 Å². The fourth-order valence-electron chi connectivity index (χ4n) is 1.88. The molecule has 0 aromatic heterocycles. The topological polar surface area (TPSA) is 40.5 Å². The highest BCUT2D eigenvalue weighted by Crippen LogP contribution is 2.30. The average Bonchev–Trinajstić information content (AvgIpc) is 2.53. The standard InChI is InChI=1S/C15H16.2CH4O/c1-15(2,13-9-5-3-6-10-13)14-11-7-4-8-12-14;2*1-2/h3-12H,1-2H3;2*2H,1H3. The van der Waals surface area contributed by atoms with Gasteiger partial charge < -0.3 is 10.2 Å². The van der Waals surface area contributed by atoms with Crippen molar-refractivity contribution in [2.24, 2.45) is 0 Å². The van der Waals surface area contributed by atoms with Gasteiger partial charge in [-0.05, 0) is 11.1 Å². The van der Waals surface area contributed by atoms with Gasteiger partial charge in [-0.25, -0.2) is 0 Å². The molecule has 0 amide bonds. The zero-order valence-electron chi connectivity index (χ0n) is 12.2. The molecule has 104 valence electrons. The van der Waals surface area contributed by atoms with Gasteiger partial charge in [-0.3, -0.25) is 0 Å². The van der Waals surface area contributed by atoms with Crippen molar-refractivity contribution in [1.82, 2.24) is 0 Å². The first-order valence-electron chi connectivity index (χ1n) is 6.22. The van der Waals surface area contributed by atoms with Crippen LogP contribution in [0.4, 0.5) is 0 Å². The molecule has 2 aromatic rings. The van der Waals surface area contributed by atoms with Crippen LogP contribution >= 0.6 is 0 Å². The Morgan fingerprint density at radius 3 is 1.11 bits per heavy atom. The summed E-state index contributed by atoms with van der Waals surface area (Å²) in [6.07, 6.45) is 0. The molecule has 2 heteroatoms. The van der Waals surface area contributed by atoms with Gasteiger partial charge in [-0.1, -0.05) is 74.5 Å². The molecule has 0 unspecified atom stereocenters. The van der Waals surface area contributed by atoms with Crippen LogP contribution in [-0.2, 0) is 5.41 Å². The minimum atomic E-state index is 0.0858. The predicted octanol–water partition coefficient (Wildman–Crippen LogP) is 3.23. The molecule has 0 radical (unpaired) electrons. The Bertz CT molecular complexity index is 380. The lowest BCUT2D eigenvalue weighted by Crippen LogP contribution is -2.18. The van der Waals surface area contributed by atoms with Gasteiger partial charge in [0.05, 0.1) is 0 Å². The molecular weight excluding hydrogens is 236 g/mol. The van der Waals surface area contributed by atoms with Gasteiger partial charge in [-0.2, -0.15) is 0 Å². The Morgan fingerprint density at radius 1 is 0.579 bits per heavy atom. The van der Waals surface area contributed by atoms with Crippen LogP contribution in [0.2, 0.25) is 0 Å². The maximum absolute atomic E-state index is 7.00. The third-order valence-electron chi connectivity index (χ3n) is 2.99. The van der Waals surface area contributed by atoms with Crippen molar-refractivity contribution in [1.29, 1.82) is 0 Å². The first-order chi connectivity index (χ1) is 9.21. The van der Waals surface area contributed by atoms with Crippen molar-refractivity contribution in [3.63, 3.8) is 0 Å². The van der Waals surface area contributed by atoms with Crippen molar-refractivity contribution >= 4 is 0 Å². The molecule has 0 saturated carbocycles. The van der Waals surface area contributed by atoms with Crippen LogP contribution in [0, 0.1) is 0 Å². The molecule has 0 saturated heterocycles. The highest BCUT2D eigenvalue weighted by molar-refractivity contribution is 5.36. The second-order valence-corrected chi connectivity index (χ2v) is 4.36. The second-order valence-electron chi connectivity index (χ2n) is 4.36. The number of benzene rings is 2. The van der Waals surface area contributed by atoms with Gasteiger partial charge in [0.1, 0.15) is 0 Å². The average molecular weight is 260 g/mol. The number of aliphatic hydroxyl groups is 2. The predicted molar refractivity (Wildman–Crippen MR) is 81.3 cm³/mol. The molecule has 0 heterocycles. The van der Waals surface area contributed by atoms with Crippen molar-refractivity contribution in [3.8, 4) is 0 Å². The van der Waals surface area contributed by atoms with Crippen LogP contribution < -0.4 is 0 Å². The molecule has 0 aliphatic rings. The molecule has 2 rings (SSSR count). The first kappa shape index (κ1) is 17.4. The summed E-state index contributed by atoms with van der Waals surface area (Å²) >= 11 is 0. The van der Waals surface area contributed by atoms with Crippen LogP contribution in [0.25, 0.3) is 0 Å². The summed E-state index contributed by atoms with van der Waals surface area (Å²) in [6.45, 7) is 4.52. The summed E-state index contributed by atoms with van der Waals surface area (Å²) < 4.78 is 0. The molecule has 0 atom stereocenters. The third kappa shape index (κ3) is 4.86. The van der Waals surface area contributed by atoms with Gasteiger partial charge in [0.2, 0.25) is 0 Å². The van der Waals surface area contributed by atoms with E-state index in [1.807, 2.05) is 0 Å². The molecule has 0 bridgehead atoms. The zero-order valence-corrected chi connectivity index (χ0v) is 12.2. The van der Waals surface area contributed by atoms with E-state index >= 15 is 0 Å². The van der Waals surface area contributed by atoms with E-state index in [2.05, 4.69) is 74.5 Å². The summed E-state index contributed by atoms with van der Waals surface area (Å²) in [5.74, 6) is 0. The second kappa shape index (κ2) is 9.31. The minimum Gasteiger partial charge on any atom is -0.400 e. The first-order valence-corrected chi connectivity index (χ1v) is 6.22. The Labute approximate surface area is 116 Å². The maximum atomic E-state index is 7.00. The van der Waals surface area contributed by atoms with E-state index in [4.69, 9.17) is 10.2 Å². The van der Waals surface area contributed by atoms with Crippen LogP contribution in [0.15, 0.2) is 60.7 Å². The largest absolute Gasteiger partial charge is 0.400 e. The lowest BCUT2D eigenvalue weighted by atomic mass is 9.78. The SMILES string of the molecule is CC(C)(c1ccccc1)c1ccccc1.CO.CO. The zero-order chi connectivity index (χ0) is 14.7. The summed E-state index contributed by atoms with van der Waals surface area (Å²) in [7, 11) is 2.00. The molecule has 0 fully saturated rings. The van der Waals surface area contributed by atoms with E-state index in [1.165, 1.54) is 11.1 Å². The van der Waals surface area contributed by atoms with E-state index in [-0.39, 0.29) is 5.41 Å². The Balaban J connectivity index is 0.000000741. The smallest absolute Gasteiger partial charge is 0.0319 e. The molecule has 0 aliphatic heterocycles. The Kier molecular flexibility index (Phi) is 8.51. The molecule has 0 aliphatic carbocycles. The van der Waals surface area contributed by atoms with E-state index < -0.39 is 0 Å². The molecular formula is C17H24O2. The van der Waals surface area contributed by atoms with E-state index in [9.17, 15) is 0 Å². The quantitative estimate of drug-likeness (QED) is 0.870. The number of hydrogen-bond donors (Lipinski definition) is 2. The lowest BCUT2D eigenvalue weighted by molar-refractivity contribution is 0.399. The Hall–Kier alpha value is -1.64. The van der Waals surface area contributed by atoms with Crippen LogP contribution in [0.5, 0.6) is 0 Å². The highest BCUT2D eigenvalue weighted by atomic mass is 16.2. The maximum Gasteiger partial charge on any atom is 0.0319 e. The van der Waals surface area contributed by atoms with Gasteiger partial charge in [-0.15, -0.1) is 0 Å². The van der Waals surface area contributed by atoms with Crippen LogP contribution in [0.1, 0.15) is 25.0 Å². The minimum absolute atomic E-state index is 0.0858. The van der Waals surface area contributed by atoms with Crippen LogP contribution in [-0.4, -0.2) is 24.4 Å². The fourth-order valence-corrected chi connectivity index (χ4v) is 1.88. The van der Waals surface area contributed by atoms with Gasteiger partial charge in [0, 0.05) is 19.6 Å². The summed E-state index contributed by atoms with van der Waals surface area (Å²) in [5, 5.41) is 14.0. The Morgan fingerprint density at radius 2 is 0.842 bits per heavy atom. The van der Waals surface area contributed by atoms with E-state index in [0.717, 1.165) is 14.2 Å². The number of aliphatic hydroxyl groups excluding tert-OH is 2. The van der Waals surface area contributed by atoms with Crippen molar-refractivity contribution in [3.05, 3.63) is 71.8 Å². The molecule has 19 heavy (non-hydrogen) atoms. The summed E-state index contributed by atoms with van der Waals surface area (Å²) in [5.41, 5.74) is 2.80. The third-order valence-corrected chi connectivity index (χ3v) is 2.99. The van der Waals surface area contributed by atoms with Gasteiger partial charge in [0.15, 0.2) is 0 Å². The lowest BCUT2D eigenvalue weighted by Gasteiger charge is -2.25. The van der Waals surface area contributed by atoms with Gasteiger partial charge >= 0.3 is 0 Å². The highest BCUT2D eigenvalue weighted by Gasteiger charge is 2.21. The molecule has 2 N–H and O–H groups in total. The molecule has 0 spiro atoms. The summed E-state index contributed by atoms with van der Waals surface area (Å²) in [4.78, 5) is 0. The molecule has 2 nitrogen and oxygen atoms in total. The van der Waals surface area contributed by atoms with Crippen molar-refractivity contribution in [2.45, 2.75) is 19.3 Å². The van der Waals surface area contributed by atoms with Crippen molar-refractivity contribution < 1.29 is 10.2 Å².